The summed E-state index contributed by atoms with van der Waals surface area (Å²) in [4.78, 5) is 20.2. The summed E-state index contributed by atoms with van der Waals surface area (Å²) in [5.41, 5.74) is 5.57. The second kappa shape index (κ2) is 7.50. The summed E-state index contributed by atoms with van der Waals surface area (Å²) in [6.07, 6.45) is 1.71. The lowest BCUT2D eigenvalue weighted by atomic mass is 9.78. The van der Waals surface area contributed by atoms with E-state index in [9.17, 15) is 10.1 Å². The highest BCUT2D eigenvalue weighted by Crippen LogP contribution is 2.44. The number of aryl methyl sites for hydroxylation is 1. The van der Waals surface area contributed by atoms with Crippen molar-refractivity contribution in [1.29, 1.82) is 5.26 Å². The zero-order valence-electron chi connectivity index (χ0n) is 17.9. The number of ether oxygens (including phenoxy) is 1. The molecule has 1 aromatic carbocycles. The highest BCUT2D eigenvalue weighted by molar-refractivity contribution is 8.09. The number of carbonyl (C=O) groups is 1. The molecule has 10 heteroatoms. The van der Waals surface area contributed by atoms with E-state index in [2.05, 4.69) is 31.9 Å². The Kier molecular flexibility index (Phi) is 4.57. The molecule has 0 aliphatic carbocycles. The average Bonchev–Trinajstić information content (AvgIpc) is 3.38. The van der Waals surface area contributed by atoms with Crippen LogP contribution in [0.2, 0.25) is 0 Å². The number of amides is 2. The molecular formula is C23H21N7O2S. The van der Waals surface area contributed by atoms with Crippen LogP contribution in [0, 0.1) is 23.7 Å². The van der Waals surface area contributed by atoms with Gasteiger partial charge in [-0.1, -0.05) is 23.9 Å². The Hall–Kier alpha value is -3.55. The van der Waals surface area contributed by atoms with Crippen LogP contribution in [0.1, 0.15) is 22.4 Å². The lowest BCUT2D eigenvalue weighted by Crippen LogP contribution is -2.69. The van der Waals surface area contributed by atoms with Crippen molar-refractivity contribution in [3.05, 3.63) is 58.9 Å². The molecule has 1 unspecified atom stereocenters. The highest BCUT2D eigenvalue weighted by atomic mass is 32.2. The summed E-state index contributed by atoms with van der Waals surface area (Å²) in [5, 5.41) is 23.2. The van der Waals surface area contributed by atoms with Gasteiger partial charge in [-0.3, -0.25) is 5.10 Å². The first-order valence-corrected chi connectivity index (χ1v) is 11.5. The molecule has 1 atom stereocenters. The Bertz CT molecular complexity index is 1350. The molecule has 3 aliphatic heterocycles. The summed E-state index contributed by atoms with van der Waals surface area (Å²) in [6.45, 7) is 4.88. The van der Waals surface area contributed by atoms with Crippen molar-refractivity contribution in [3.8, 4) is 6.07 Å². The number of carbonyl (C=O) groups excluding carboxylic acids is 1. The van der Waals surface area contributed by atoms with Gasteiger partial charge in [0.15, 0.2) is 5.50 Å². The number of thioether (sulfide) groups is 1. The van der Waals surface area contributed by atoms with Crippen molar-refractivity contribution < 1.29 is 9.53 Å². The zero-order valence-corrected chi connectivity index (χ0v) is 18.7. The normalized spacial score (nSPS) is 20.8. The van der Waals surface area contributed by atoms with Gasteiger partial charge in [0.1, 0.15) is 5.52 Å². The molecule has 0 bridgehead atoms. The predicted molar refractivity (Wildman–Crippen MR) is 124 cm³/mol. The minimum absolute atomic E-state index is 0.0958. The maximum atomic E-state index is 12.9. The van der Waals surface area contributed by atoms with Crippen LogP contribution in [0.15, 0.2) is 36.5 Å². The van der Waals surface area contributed by atoms with Crippen LogP contribution in [-0.4, -0.2) is 57.9 Å². The summed E-state index contributed by atoms with van der Waals surface area (Å²) in [6, 6.07) is 11.6. The van der Waals surface area contributed by atoms with Crippen LogP contribution in [0.3, 0.4) is 0 Å². The maximum Gasteiger partial charge on any atom is 0.319 e. The fourth-order valence-electron chi connectivity index (χ4n) is 4.55. The van der Waals surface area contributed by atoms with Gasteiger partial charge >= 0.3 is 6.03 Å². The van der Waals surface area contributed by atoms with Crippen molar-refractivity contribution in [1.82, 2.24) is 30.7 Å². The van der Waals surface area contributed by atoms with Gasteiger partial charge in [0.25, 0.3) is 0 Å². The molecule has 3 N–H and O–H groups in total. The molecule has 1 spiro atoms. The van der Waals surface area contributed by atoms with Gasteiger partial charge in [-0.2, -0.15) is 10.4 Å². The highest BCUT2D eigenvalue weighted by Gasteiger charge is 2.51. The number of rotatable bonds is 3. The van der Waals surface area contributed by atoms with Crippen LogP contribution in [0.25, 0.3) is 21.6 Å². The van der Waals surface area contributed by atoms with E-state index in [-0.39, 0.29) is 16.9 Å². The molecule has 6 rings (SSSR count). The van der Waals surface area contributed by atoms with E-state index in [1.54, 1.807) is 12.3 Å². The molecule has 2 aromatic heterocycles. The van der Waals surface area contributed by atoms with E-state index in [1.165, 1.54) is 11.8 Å². The lowest BCUT2D eigenvalue weighted by molar-refractivity contribution is -0.175. The minimum atomic E-state index is -0.353. The van der Waals surface area contributed by atoms with Crippen LogP contribution < -0.4 is 10.6 Å². The molecule has 2 amide bonds. The van der Waals surface area contributed by atoms with E-state index in [0.29, 0.717) is 5.56 Å². The van der Waals surface area contributed by atoms with Gasteiger partial charge in [-0.25, -0.2) is 9.78 Å². The molecule has 9 nitrogen and oxygen atoms in total. The summed E-state index contributed by atoms with van der Waals surface area (Å²) >= 11 is 1.53. The minimum Gasteiger partial charge on any atom is -0.380 e. The van der Waals surface area contributed by atoms with Crippen LogP contribution in [0.4, 0.5) is 4.79 Å². The van der Waals surface area contributed by atoms with E-state index in [4.69, 9.17) is 4.74 Å². The Morgan fingerprint density at radius 1 is 1.36 bits per heavy atom. The number of urea groups is 1. The second-order valence-corrected chi connectivity index (χ2v) is 9.89. The van der Waals surface area contributed by atoms with Gasteiger partial charge < -0.3 is 20.3 Å². The number of nitrogens with zero attached hydrogens (tertiary/aromatic N) is 4. The fourth-order valence-corrected chi connectivity index (χ4v) is 5.71. The van der Waals surface area contributed by atoms with Gasteiger partial charge in [-0.05, 0) is 25.1 Å². The van der Waals surface area contributed by atoms with Crippen LogP contribution in [-0.2, 0) is 4.74 Å². The maximum absolute atomic E-state index is 12.9. The number of aromatic amines is 1. The lowest BCUT2D eigenvalue weighted by Gasteiger charge is -2.54. The van der Waals surface area contributed by atoms with Gasteiger partial charge in [0, 0.05) is 34.8 Å². The van der Waals surface area contributed by atoms with Crippen molar-refractivity contribution >= 4 is 39.4 Å². The molecule has 3 aromatic rings. The Balaban J connectivity index is 1.33. The molecular weight excluding hydrogens is 438 g/mol. The Labute approximate surface area is 194 Å². The molecule has 3 aliphatic rings. The third-order valence-corrected chi connectivity index (χ3v) is 7.34. The molecule has 5 heterocycles. The molecule has 2 fully saturated rings. The number of aromatic nitrogens is 3. The number of likely N-dealkylation sites (tertiary alicyclic amines) is 1. The number of hydrogen-bond acceptors (Lipinski definition) is 7. The quantitative estimate of drug-likeness (QED) is 0.551. The average molecular weight is 460 g/mol. The second-order valence-electron chi connectivity index (χ2n) is 8.78. The Morgan fingerprint density at radius 2 is 2.21 bits per heavy atom. The molecule has 2 saturated heterocycles. The van der Waals surface area contributed by atoms with Crippen molar-refractivity contribution in [2.75, 3.05) is 26.3 Å². The standard InChI is InChI=1S/C23H21N7O2S/c1-13-5-16(19-17(26-13)8-25-29-19)20-18(15-4-2-3-14(6-15)7-24)27-21(33-20)28-22(31)30-9-23(10-30)11-32-12-23/h2-6,8,21,27H,9-12H2,1H3,(H,25,29)(H,28,31). The van der Waals surface area contributed by atoms with Crippen LogP contribution >= 0.6 is 11.8 Å². The Morgan fingerprint density at radius 3 is 2.97 bits per heavy atom. The van der Waals surface area contributed by atoms with Crippen molar-refractivity contribution in [2.45, 2.75) is 12.4 Å². The zero-order chi connectivity index (χ0) is 22.6. The van der Waals surface area contributed by atoms with Crippen LogP contribution in [0.5, 0.6) is 0 Å². The van der Waals surface area contributed by atoms with E-state index >= 15 is 0 Å². The topological polar surface area (TPSA) is 119 Å². The summed E-state index contributed by atoms with van der Waals surface area (Å²) in [7, 11) is 0. The number of pyridine rings is 1. The third kappa shape index (κ3) is 3.41. The summed E-state index contributed by atoms with van der Waals surface area (Å²) < 4.78 is 5.31. The van der Waals surface area contributed by atoms with Crippen molar-refractivity contribution in [2.24, 2.45) is 5.41 Å². The largest absolute Gasteiger partial charge is 0.380 e. The number of benzene rings is 1. The molecule has 0 radical (unpaired) electrons. The number of H-pyrrole nitrogens is 1. The predicted octanol–water partition coefficient (Wildman–Crippen LogP) is 2.63. The SMILES string of the molecule is Cc1cc(C2=C(c3cccc(C#N)c3)NC(NC(=O)N3CC4(COC4)C3)S2)c2[nH]ncc2n1. The fraction of sp³-hybridized carbons (Fsp3) is 0.304. The van der Waals surface area contributed by atoms with Gasteiger partial charge in [-0.15, -0.1) is 0 Å². The molecule has 166 valence electrons. The monoisotopic (exact) mass is 459 g/mol. The molecule has 33 heavy (non-hydrogen) atoms. The number of hydrogen-bond donors (Lipinski definition) is 3. The summed E-state index contributed by atoms with van der Waals surface area (Å²) in [5.74, 6) is 0. The number of fused-ring (bicyclic) bond motifs is 1. The first kappa shape index (κ1) is 20.1. The van der Waals surface area contributed by atoms with E-state index < -0.39 is 0 Å². The van der Waals surface area contributed by atoms with Gasteiger partial charge in [0.2, 0.25) is 0 Å². The van der Waals surface area contributed by atoms with Crippen molar-refractivity contribution in [3.63, 3.8) is 0 Å². The first-order chi connectivity index (χ1) is 16.0. The number of nitriles is 1. The first-order valence-electron chi connectivity index (χ1n) is 10.7. The van der Waals surface area contributed by atoms with Gasteiger partial charge in [0.05, 0.1) is 47.7 Å². The van der Waals surface area contributed by atoms with E-state index in [1.807, 2.05) is 36.1 Å². The number of nitrogens with one attached hydrogen (secondary N) is 3. The third-order valence-electron chi connectivity index (χ3n) is 6.21. The smallest absolute Gasteiger partial charge is 0.319 e. The molecule has 0 saturated carbocycles. The van der Waals surface area contributed by atoms with E-state index in [0.717, 1.165) is 64.8 Å².